The first-order chi connectivity index (χ1) is 9.42. The third kappa shape index (κ3) is 6.06. The van der Waals surface area contributed by atoms with Crippen molar-refractivity contribution >= 4 is 21.8 Å². The van der Waals surface area contributed by atoms with E-state index in [-0.39, 0.29) is 17.9 Å². The minimum absolute atomic E-state index is 0.0116. The standard InChI is InChI=1S/C16H25BrN2O/c1-11(2)7-13(10-18)8-16(20)19-12(3)14-5-4-6-15(17)9-14/h4-6,9,11-13H,7-8,10,18H2,1-3H3,(H,19,20)/t12-,13-/m0/s1. The fourth-order valence-electron chi connectivity index (χ4n) is 2.35. The van der Waals surface area contributed by atoms with Crippen LogP contribution in [0.5, 0.6) is 0 Å². The van der Waals surface area contributed by atoms with E-state index in [1.807, 2.05) is 31.2 Å². The van der Waals surface area contributed by atoms with Gasteiger partial charge in [-0.3, -0.25) is 4.79 Å². The van der Waals surface area contributed by atoms with Crippen LogP contribution in [0.15, 0.2) is 28.7 Å². The minimum atomic E-state index is 0.0116. The van der Waals surface area contributed by atoms with E-state index in [1.54, 1.807) is 0 Å². The van der Waals surface area contributed by atoms with Crippen molar-refractivity contribution < 1.29 is 4.79 Å². The van der Waals surface area contributed by atoms with Gasteiger partial charge in [-0.15, -0.1) is 0 Å². The summed E-state index contributed by atoms with van der Waals surface area (Å²) in [5.41, 5.74) is 6.84. The first kappa shape index (κ1) is 17.2. The second-order valence-corrected chi connectivity index (χ2v) is 6.70. The van der Waals surface area contributed by atoms with E-state index in [0.717, 1.165) is 16.5 Å². The smallest absolute Gasteiger partial charge is 0.220 e. The average molecular weight is 341 g/mol. The molecule has 0 bridgehead atoms. The second kappa shape index (κ2) is 8.42. The Morgan fingerprint density at radius 2 is 2.05 bits per heavy atom. The lowest BCUT2D eigenvalue weighted by atomic mass is 9.94. The number of hydrogen-bond acceptors (Lipinski definition) is 2. The topological polar surface area (TPSA) is 55.1 Å². The Bertz CT molecular complexity index is 434. The van der Waals surface area contributed by atoms with Gasteiger partial charge in [-0.2, -0.15) is 0 Å². The highest BCUT2D eigenvalue weighted by Crippen LogP contribution is 2.19. The average Bonchev–Trinajstić information content (AvgIpc) is 2.37. The van der Waals surface area contributed by atoms with Gasteiger partial charge in [0.1, 0.15) is 0 Å². The number of rotatable bonds is 7. The Labute approximate surface area is 130 Å². The monoisotopic (exact) mass is 340 g/mol. The summed E-state index contributed by atoms with van der Waals surface area (Å²) in [6, 6.07) is 8.01. The third-order valence-electron chi connectivity index (χ3n) is 3.34. The molecule has 0 aromatic heterocycles. The number of nitrogens with one attached hydrogen (secondary N) is 1. The van der Waals surface area contributed by atoms with E-state index in [2.05, 4.69) is 35.1 Å². The molecular formula is C16H25BrN2O. The zero-order valence-electron chi connectivity index (χ0n) is 12.5. The summed E-state index contributed by atoms with van der Waals surface area (Å²) in [5, 5.41) is 3.05. The lowest BCUT2D eigenvalue weighted by Gasteiger charge is -2.19. The highest BCUT2D eigenvalue weighted by Gasteiger charge is 2.16. The zero-order valence-corrected chi connectivity index (χ0v) is 14.1. The molecule has 1 amide bonds. The van der Waals surface area contributed by atoms with Gasteiger partial charge in [0.2, 0.25) is 5.91 Å². The molecule has 0 radical (unpaired) electrons. The van der Waals surface area contributed by atoms with Crippen molar-refractivity contribution in [3.05, 3.63) is 34.3 Å². The predicted octanol–water partition coefficient (Wildman–Crippen LogP) is 3.64. The molecule has 0 aliphatic heterocycles. The fraction of sp³-hybridized carbons (Fsp3) is 0.562. The number of amides is 1. The molecule has 3 N–H and O–H groups in total. The van der Waals surface area contributed by atoms with Gasteiger partial charge in [-0.25, -0.2) is 0 Å². The summed E-state index contributed by atoms with van der Waals surface area (Å²) >= 11 is 3.45. The van der Waals surface area contributed by atoms with Crippen molar-refractivity contribution in [2.24, 2.45) is 17.6 Å². The van der Waals surface area contributed by atoms with Crippen LogP contribution in [0.4, 0.5) is 0 Å². The number of halogens is 1. The maximum Gasteiger partial charge on any atom is 0.220 e. The molecule has 1 aromatic rings. The molecule has 0 aliphatic carbocycles. The zero-order chi connectivity index (χ0) is 15.1. The number of hydrogen-bond donors (Lipinski definition) is 2. The summed E-state index contributed by atoms with van der Waals surface area (Å²) in [7, 11) is 0. The van der Waals surface area contributed by atoms with Crippen LogP contribution in [-0.4, -0.2) is 12.5 Å². The third-order valence-corrected chi connectivity index (χ3v) is 3.83. The summed E-state index contributed by atoms with van der Waals surface area (Å²) in [5.74, 6) is 0.914. The lowest BCUT2D eigenvalue weighted by molar-refractivity contribution is -0.122. The van der Waals surface area contributed by atoms with Crippen molar-refractivity contribution in [2.75, 3.05) is 6.54 Å². The number of nitrogens with two attached hydrogens (primary N) is 1. The Morgan fingerprint density at radius 1 is 1.35 bits per heavy atom. The molecule has 0 heterocycles. The molecular weight excluding hydrogens is 316 g/mol. The van der Waals surface area contributed by atoms with Gasteiger partial charge in [0, 0.05) is 10.9 Å². The van der Waals surface area contributed by atoms with Gasteiger partial charge < -0.3 is 11.1 Å². The van der Waals surface area contributed by atoms with E-state index in [1.165, 1.54) is 0 Å². The molecule has 4 heteroatoms. The first-order valence-corrected chi connectivity index (χ1v) is 7.96. The second-order valence-electron chi connectivity index (χ2n) is 5.78. The van der Waals surface area contributed by atoms with Crippen LogP contribution in [0.1, 0.15) is 45.2 Å². The van der Waals surface area contributed by atoms with Crippen molar-refractivity contribution in [1.29, 1.82) is 0 Å². The van der Waals surface area contributed by atoms with E-state index in [4.69, 9.17) is 5.73 Å². The molecule has 1 rings (SSSR count). The largest absolute Gasteiger partial charge is 0.350 e. The first-order valence-electron chi connectivity index (χ1n) is 7.17. The molecule has 0 fully saturated rings. The number of benzene rings is 1. The van der Waals surface area contributed by atoms with Crippen LogP contribution in [0.25, 0.3) is 0 Å². The van der Waals surface area contributed by atoms with Crippen molar-refractivity contribution in [2.45, 2.75) is 39.7 Å². The van der Waals surface area contributed by atoms with Crippen LogP contribution in [0.3, 0.4) is 0 Å². The van der Waals surface area contributed by atoms with Gasteiger partial charge >= 0.3 is 0 Å². The Balaban J connectivity index is 2.53. The van der Waals surface area contributed by atoms with Crippen LogP contribution in [-0.2, 0) is 4.79 Å². The molecule has 112 valence electrons. The Morgan fingerprint density at radius 3 is 2.60 bits per heavy atom. The van der Waals surface area contributed by atoms with E-state index >= 15 is 0 Å². The predicted molar refractivity (Wildman–Crippen MR) is 87.3 cm³/mol. The fourth-order valence-corrected chi connectivity index (χ4v) is 2.77. The summed E-state index contributed by atoms with van der Waals surface area (Å²) < 4.78 is 1.02. The van der Waals surface area contributed by atoms with Gasteiger partial charge in [0.05, 0.1) is 6.04 Å². The minimum Gasteiger partial charge on any atom is -0.350 e. The molecule has 0 saturated carbocycles. The SMILES string of the molecule is CC(C)C[C@H](CN)CC(=O)N[C@@H](C)c1cccc(Br)c1. The van der Waals surface area contributed by atoms with Crippen molar-refractivity contribution in [1.82, 2.24) is 5.32 Å². The van der Waals surface area contributed by atoms with E-state index in [0.29, 0.717) is 18.9 Å². The van der Waals surface area contributed by atoms with Crippen LogP contribution in [0, 0.1) is 11.8 Å². The van der Waals surface area contributed by atoms with Crippen molar-refractivity contribution in [3.63, 3.8) is 0 Å². The van der Waals surface area contributed by atoms with Crippen molar-refractivity contribution in [3.8, 4) is 0 Å². The van der Waals surface area contributed by atoms with Gasteiger partial charge in [-0.05, 0) is 49.4 Å². The number of carbonyl (C=O) groups is 1. The normalized spacial score (nSPS) is 14.1. The van der Waals surface area contributed by atoms with Gasteiger partial charge in [0.15, 0.2) is 0 Å². The Hall–Kier alpha value is -0.870. The summed E-state index contributed by atoms with van der Waals surface area (Å²) in [6.07, 6.45) is 1.50. The molecule has 0 unspecified atom stereocenters. The number of carbonyl (C=O) groups excluding carboxylic acids is 1. The molecule has 0 saturated heterocycles. The van der Waals surface area contributed by atoms with Crippen LogP contribution in [0.2, 0.25) is 0 Å². The van der Waals surface area contributed by atoms with Gasteiger partial charge in [-0.1, -0.05) is 41.9 Å². The molecule has 0 aliphatic rings. The van der Waals surface area contributed by atoms with Crippen LogP contribution >= 0.6 is 15.9 Å². The van der Waals surface area contributed by atoms with E-state index in [9.17, 15) is 4.79 Å². The highest BCUT2D eigenvalue weighted by atomic mass is 79.9. The van der Waals surface area contributed by atoms with Crippen LogP contribution < -0.4 is 11.1 Å². The molecule has 0 spiro atoms. The summed E-state index contributed by atoms with van der Waals surface area (Å²) in [4.78, 5) is 12.1. The van der Waals surface area contributed by atoms with E-state index < -0.39 is 0 Å². The maximum absolute atomic E-state index is 12.1. The molecule has 20 heavy (non-hydrogen) atoms. The van der Waals surface area contributed by atoms with Gasteiger partial charge in [0.25, 0.3) is 0 Å². The molecule has 3 nitrogen and oxygen atoms in total. The molecule has 2 atom stereocenters. The maximum atomic E-state index is 12.1. The highest BCUT2D eigenvalue weighted by molar-refractivity contribution is 9.10. The summed E-state index contributed by atoms with van der Waals surface area (Å²) in [6.45, 7) is 6.88. The molecule has 1 aromatic carbocycles. The lowest BCUT2D eigenvalue weighted by Crippen LogP contribution is -2.30. The quantitative estimate of drug-likeness (QED) is 0.796. The Kier molecular flexibility index (Phi) is 7.24.